The van der Waals surface area contributed by atoms with Gasteiger partial charge in [-0.15, -0.1) is 0 Å². The number of carbonyl (C=O) groups excluding carboxylic acids is 1. The number of benzene rings is 1. The summed E-state index contributed by atoms with van der Waals surface area (Å²) >= 11 is 0. The molecule has 1 aromatic carbocycles. The molecule has 3 rings (SSSR count). The molecule has 130 valence electrons. The Morgan fingerprint density at radius 1 is 1.24 bits per heavy atom. The van der Waals surface area contributed by atoms with Gasteiger partial charge < -0.3 is 20.5 Å². The van der Waals surface area contributed by atoms with Crippen LogP contribution < -0.4 is 20.5 Å². The molecule has 0 aromatic heterocycles. The SMILES string of the molecule is CCc1cc(C2=CC(C(N)=O)=C3C=CC=CC3N2)cc(OC)c1OC. The largest absolute Gasteiger partial charge is 0.493 e. The van der Waals surface area contributed by atoms with Crippen molar-refractivity contribution in [1.29, 1.82) is 0 Å². The van der Waals surface area contributed by atoms with Crippen molar-refractivity contribution in [3.05, 3.63) is 64.8 Å². The molecule has 0 bridgehead atoms. The van der Waals surface area contributed by atoms with E-state index in [1.54, 1.807) is 20.3 Å². The highest BCUT2D eigenvalue weighted by molar-refractivity contribution is 5.99. The van der Waals surface area contributed by atoms with E-state index in [4.69, 9.17) is 15.2 Å². The van der Waals surface area contributed by atoms with Gasteiger partial charge in [-0.3, -0.25) is 4.79 Å². The molecule has 5 heteroatoms. The fourth-order valence-corrected chi connectivity index (χ4v) is 3.20. The van der Waals surface area contributed by atoms with Gasteiger partial charge in [0.2, 0.25) is 5.91 Å². The van der Waals surface area contributed by atoms with Crippen LogP contribution in [-0.2, 0) is 11.2 Å². The summed E-state index contributed by atoms with van der Waals surface area (Å²) in [6, 6.07) is 3.88. The molecular formula is C20H22N2O3. The molecule has 0 fully saturated rings. The van der Waals surface area contributed by atoms with E-state index < -0.39 is 5.91 Å². The summed E-state index contributed by atoms with van der Waals surface area (Å²) in [6.45, 7) is 2.06. The lowest BCUT2D eigenvalue weighted by molar-refractivity contribution is -0.114. The van der Waals surface area contributed by atoms with Crippen LogP contribution in [0, 0.1) is 0 Å². The van der Waals surface area contributed by atoms with E-state index >= 15 is 0 Å². The first kappa shape index (κ1) is 16.9. The van der Waals surface area contributed by atoms with Gasteiger partial charge >= 0.3 is 0 Å². The fraction of sp³-hybridized carbons (Fsp3) is 0.250. The van der Waals surface area contributed by atoms with Gasteiger partial charge in [-0.2, -0.15) is 0 Å². The molecule has 2 aliphatic rings. The van der Waals surface area contributed by atoms with Crippen LogP contribution in [0.1, 0.15) is 18.1 Å². The number of fused-ring (bicyclic) bond motifs is 1. The molecule has 0 radical (unpaired) electrons. The predicted octanol–water partition coefficient (Wildman–Crippen LogP) is 2.49. The third kappa shape index (κ3) is 3.05. The first-order valence-electron chi connectivity index (χ1n) is 8.21. The lowest BCUT2D eigenvalue weighted by Gasteiger charge is -2.28. The standard InChI is InChI=1S/C20H22N2O3/c1-4-12-9-13(10-18(24-2)19(12)25-3)17-11-15(20(21)23)14-7-5-6-8-16(14)22-17/h5-11,16,22H,4H2,1-3H3,(H2,21,23). The molecule has 1 atom stereocenters. The zero-order chi connectivity index (χ0) is 18.0. The molecule has 1 aliphatic carbocycles. The van der Waals surface area contributed by atoms with Gasteiger partial charge in [-0.1, -0.05) is 31.2 Å². The van der Waals surface area contributed by atoms with Crippen molar-refractivity contribution < 1.29 is 14.3 Å². The maximum absolute atomic E-state index is 11.9. The van der Waals surface area contributed by atoms with Crippen molar-refractivity contribution in [2.45, 2.75) is 19.4 Å². The Morgan fingerprint density at radius 3 is 2.68 bits per heavy atom. The summed E-state index contributed by atoms with van der Waals surface area (Å²) in [5.41, 5.74) is 9.80. The molecule has 1 unspecified atom stereocenters. The van der Waals surface area contributed by atoms with Crippen LogP contribution in [0.2, 0.25) is 0 Å². The molecule has 0 saturated heterocycles. The van der Waals surface area contributed by atoms with E-state index in [1.165, 1.54) is 0 Å². The van der Waals surface area contributed by atoms with Gasteiger partial charge in [0, 0.05) is 16.8 Å². The minimum absolute atomic E-state index is 0.0781. The second-order valence-electron chi connectivity index (χ2n) is 5.88. The molecule has 5 nitrogen and oxygen atoms in total. The number of allylic oxidation sites excluding steroid dienone is 2. The zero-order valence-electron chi connectivity index (χ0n) is 14.6. The van der Waals surface area contributed by atoms with Crippen LogP contribution >= 0.6 is 0 Å². The van der Waals surface area contributed by atoms with Crippen molar-refractivity contribution in [3.8, 4) is 11.5 Å². The molecule has 0 saturated carbocycles. The van der Waals surface area contributed by atoms with E-state index in [0.29, 0.717) is 11.3 Å². The van der Waals surface area contributed by atoms with E-state index in [-0.39, 0.29) is 6.04 Å². The average molecular weight is 338 g/mol. The topological polar surface area (TPSA) is 73.6 Å². The molecular weight excluding hydrogens is 316 g/mol. The van der Waals surface area contributed by atoms with Crippen molar-refractivity contribution in [2.75, 3.05) is 14.2 Å². The number of nitrogens with one attached hydrogen (secondary N) is 1. The van der Waals surface area contributed by atoms with Gasteiger partial charge in [0.05, 0.1) is 20.3 Å². The van der Waals surface area contributed by atoms with Crippen LogP contribution in [0.25, 0.3) is 5.70 Å². The molecule has 25 heavy (non-hydrogen) atoms. The summed E-state index contributed by atoms with van der Waals surface area (Å²) in [4.78, 5) is 11.9. The lowest BCUT2D eigenvalue weighted by atomic mass is 9.90. The number of primary amides is 1. The Morgan fingerprint density at radius 2 is 2.04 bits per heavy atom. The fourth-order valence-electron chi connectivity index (χ4n) is 3.20. The van der Waals surface area contributed by atoms with Gasteiger partial charge in [0.25, 0.3) is 0 Å². The van der Waals surface area contributed by atoms with E-state index in [9.17, 15) is 4.79 Å². The average Bonchev–Trinajstić information content (AvgIpc) is 2.65. The molecule has 1 aromatic rings. The Hall–Kier alpha value is -2.95. The van der Waals surface area contributed by atoms with Crippen LogP contribution in [0.4, 0.5) is 0 Å². The highest BCUT2D eigenvalue weighted by atomic mass is 16.5. The number of carbonyl (C=O) groups is 1. The maximum atomic E-state index is 11.9. The maximum Gasteiger partial charge on any atom is 0.249 e. The Bertz CT molecular complexity index is 806. The smallest absolute Gasteiger partial charge is 0.249 e. The molecule has 1 aliphatic heterocycles. The monoisotopic (exact) mass is 338 g/mol. The van der Waals surface area contributed by atoms with E-state index in [1.807, 2.05) is 36.4 Å². The van der Waals surface area contributed by atoms with Crippen LogP contribution in [0.3, 0.4) is 0 Å². The van der Waals surface area contributed by atoms with Crippen molar-refractivity contribution in [1.82, 2.24) is 5.32 Å². The van der Waals surface area contributed by atoms with Crippen LogP contribution in [-0.4, -0.2) is 26.2 Å². The van der Waals surface area contributed by atoms with Crippen molar-refractivity contribution >= 4 is 11.6 Å². The minimum Gasteiger partial charge on any atom is -0.493 e. The summed E-state index contributed by atoms with van der Waals surface area (Å²) < 4.78 is 11.0. The molecule has 1 heterocycles. The third-order valence-electron chi connectivity index (χ3n) is 4.45. The zero-order valence-corrected chi connectivity index (χ0v) is 14.6. The first-order valence-corrected chi connectivity index (χ1v) is 8.21. The van der Waals surface area contributed by atoms with Crippen molar-refractivity contribution in [3.63, 3.8) is 0 Å². The highest BCUT2D eigenvalue weighted by Crippen LogP contribution is 2.36. The lowest BCUT2D eigenvalue weighted by Crippen LogP contribution is -2.34. The number of amides is 1. The van der Waals surface area contributed by atoms with Gasteiger partial charge in [-0.25, -0.2) is 0 Å². The van der Waals surface area contributed by atoms with E-state index in [2.05, 4.69) is 12.2 Å². The first-order chi connectivity index (χ1) is 12.1. The van der Waals surface area contributed by atoms with E-state index in [0.717, 1.165) is 34.6 Å². The summed E-state index contributed by atoms with van der Waals surface area (Å²) in [5.74, 6) is 0.959. The minimum atomic E-state index is -0.435. The van der Waals surface area contributed by atoms with Gasteiger partial charge in [0.1, 0.15) is 0 Å². The molecule has 1 amide bonds. The second kappa shape index (κ2) is 6.89. The molecule has 3 N–H and O–H groups in total. The number of hydrogen-bond acceptors (Lipinski definition) is 4. The van der Waals surface area contributed by atoms with Crippen LogP contribution in [0.15, 0.2) is 53.7 Å². The number of nitrogens with two attached hydrogens (primary N) is 1. The Balaban J connectivity index is 2.13. The van der Waals surface area contributed by atoms with Crippen LogP contribution in [0.5, 0.6) is 11.5 Å². The number of rotatable bonds is 5. The number of methoxy groups -OCH3 is 2. The summed E-state index contributed by atoms with van der Waals surface area (Å²) in [7, 11) is 3.25. The summed E-state index contributed by atoms with van der Waals surface area (Å²) in [6.07, 6.45) is 10.4. The Labute approximate surface area is 147 Å². The molecule has 0 spiro atoms. The number of hydrogen-bond donors (Lipinski definition) is 2. The second-order valence-corrected chi connectivity index (χ2v) is 5.88. The highest BCUT2D eigenvalue weighted by Gasteiger charge is 2.25. The number of ether oxygens (including phenoxy) is 2. The quantitative estimate of drug-likeness (QED) is 0.865. The summed E-state index contributed by atoms with van der Waals surface area (Å²) in [5, 5.41) is 3.46. The third-order valence-corrected chi connectivity index (χ3v) is 4.45. The van der Waals surface area contributed by atoms with Gasteiger partial charge in [0.15, 0.2) is 11.5 Å². The van der Waals surface area contributed by atoms with Crippen molar-refractivity contribution in [2.24, 2.45) is 5.73 Å². The number of dihydropyridines is 1. The Kier molecular flexibility index (Phi) is 4.65. The predicted molar refractivity (Wildman–Crippen MR) is 98.3 cm³/mol. The number of aryl methyl sites for hydroxylation is 1. The van der Waals surface area contributed by atoms with Gasteiger partial charge in [-0.05, 0) is 35.8 Å². The normalized spacial score (nSPS) is 18.4.